The predicted octanol–water partition coefficient (Wildman–Crippen LogP) is 3.81. The second-order valence-corrected chi connectivity index (χ2v) is 4.85. The molecule has 1 N–H and O–H groups in total. The highest BCUT2D eigenvalue weighted by atomic mass is 35.5. The van der Waals surface area contributed by atoms with Crippen LogP contribution in [0.5, 0.6) is 0 Å². The van der Waals surface area contributed by atoms with Gasteiger partial charge in [0.05, 0.1) is 11.3 Å². The molecule has 2 aromatic carbocycles. The Bertz CT molecular complexity index is 646. The molecule has 0 atom stereocenters. The normalized spacial score (nSPS) is 10.3. The summed E-state index contributed by atoms with van der Waals surface area (Å²) < 4.78 is 13.6. The Hall–Kier alpha value is -2.07. The van der Waals surface area contributed by atoms with E-state index in [4.69, 9.17) is 11.6 Å². The summed E-state index contributed by atoms with van der Waals surface area (Å²) in [5.41, 5.74) is 1.08. The number of carboxylic acid groups (broad SMARTS) is 1. The fourth-order valence-corrected chi connectivity index (χ4v) is 2.14. The van der Waals surface area contributed by atoms with Crippen molar-refractivity contribution in [2.45, 2.75) is 6.54 Å². The molecule has 0 saturated carbocycles. The summed E-state index contributed by atoms with van der Waals surface area (Å²) in [5.74, 6) is -1.37. The molecule has 0 radical (unpaired) electrons. The molecule has 0 spiro atoms. The molecular formula is C15H13ClFNO2. The number of aromatic carboxylic acids is 1. The molecule has 2 aromatic rings. The van der Waals surface area contributed by atoms with Crippen LogP contribution in [0.15, 0.2) is 42.5 Å². The molecule has 104 valence electrons. The highest BCUT2D eigenvalue weighted by Gasteiger charge is 2.15. The molecule has 0 bridgehead atoms. The van der Waals surface area contributed by atoms with Gasteiger partial charge < -0.3 is 10.0 Å². The maximum atomic E-state index is 13.6. The van der Waals surface area contributed by atoms with Crippen molar-refractivity contribution in [1.29, 1.82) is 0 Å². The first-order valence-corrected chi connectivity index (χ1v) is 6.34. The number of carboxylic acids is 1. The number of rotatable bonds is 4. The van der Waals surface area contributed by atoms with Gasteiger partial charge in [-0.3, -0.25) is 0 Å². The van der Waals surface area contributed by atoms with Gasteiger partial charge in [-0.2, -0.15) is 0 Å². The van der Waals surface area contributed by atoms with Crippen molar-refractivity contribution < 1.29 is 14.3 Å². The highest BCUT2D eigenvalue weighted by Crippen LogP contribution is 2.25. The summed E-state index contributed by atoms with van der Waals surface area (Å²) in [6, 6.07) is 10.9. The number of nitrogens with zero attached hydrogens (tertiary/aromatic N) is 1. The molecule has 0 aliphatic heterocycles. The Labute approximate surface area is 121 Å². The zero-order valence-electron chi connectivity index (χ0n) is 10.8. The maximum Gasteiger partial charge on any atom is 0.337 e. The van der Waals surface area contributed by atoms with Crippen molar-refractivity contribution in [3.05, 3.63) is 64.4 Å². The topological polar surface area (TPSA) is 40.5 Å². The molecule has 0 aliphatic carbocycles. The zero-order chi connectivity index (χ0) is 14.7. The third-order valence-electron chi connectivity index (χ3n) is 2.97. The van der Waals surface area contributed by atoms with Crippen molar-refractivity contribution in [2.75, 3.05) is 11.9 Å². The second-order valence-electron chi connectivity index (χ2n) is 4.41. The van der Waals surface area contributed by atoms with Gasteiger partial charge in [-0.15, -0.1) is 0 Å². The van der Waals surface area contributed by atoms with Crippen LogP contribution >= 0.6 is 11.6 Å². The highest BCUT2D eigenvalue weighted by molar-refractivity contribution is 6.31. The van der Waals surface area contributed by atoms with Crippen LogP contribution in [0.2, 0.25) is 5.02 Å². The van der Waals surface area contributed by atoms with E-state index in [1.54, 1.807) is 36.2 Å². The van der Waals surface area contributed by atoms with Crippen molar-refractivity contribution in [3.8, 4) is 0 Å². The molecule has 0 fully saturated rings. The van der Waals surface area contributed by atoms with Gasteiger partial charge in [0.15, 0.2) is 0 Å². The average Bonchev–Trinajstić information content (AvgIpc) is 2.40. The van der Waals surface area contributed by atoms with E-state index in [0.717, 1.165) is 0 Å². The minimum atomic E-state index is -1.04. The number of hydrogen-bond donors (Lipinski definition) is 1. The molecule has 0 heterocycles. The van der Waals surface area contributed by atoms with Crippen molar-refractivity contribution in [3.63, 3.8) is 0 Å². The fourth-order valence-electron chi connectivity index (χ4n) is 1.97. The smallest absolute Gasteiger partial charge is 0.337 e. The molecule has 5 heteroatoms. The van der Waals surface area contributed by atoms with Crippen LogP contribution in [0.25, 0.3) is 0 Å². The Morgan fingerprint density at radius 3 is 2.65 bits per heavy atom. The van der Waals surface area contributed by atoms with E-state index in [-0.39, 0.29) is 17.9 Å². The van der Waals surface area contributed by atoms with Crippen LogP contribution in [0.1, 0.15) is 15.9 Å². The van der Waals surface area contributed by atoms with Crippen LogP contribution < -0.4 is 4.90 Å². The standard InChI is InChI=1S/C15H13ClFNO2/c1-18(9-10-4-2-3-5-13(10)17)14-8-11(16)6-7-12(14)15(19)20/h2-8H,9H2,1H3,(H,19,20). The Morgan fingerprint density at radius 1 is 1.30 bits per heavy atom. The van der Waals surface area contributed by atoms with Crippen LogP contribution in [-0.2, 0) is 6.54 Å². The Morgan fingerprint density at radius 2 is 2.00 bits per heavy atom. The number of carbonyl (C=O) groups is 1. The molecular weight excluding hydrogens is 281 g/mol. The third-order valence-corrected chi connectivity index (χ3v) is 3.20. The summed E-state index contributed by atoms with van der Waals surface area (Å²) in [6.07, 6.45) is 0. The monoisotopic (exact) mass is 293 g/mol. The van der Waals surface area contributed by atoms with Gasteiger partial charge in [-0.25, -0.2) is 9.18 Å². The molecule has 3 nitrogen and oxygen atoms in total. The van der Waals surface area contributed by atoms with E-state index in [0.29, 0.717) is 16.3 Å². The average molecular weight is 294 g/mol. The first-order chi connectivity index (χ1) is 9.49. The lowest BCUT2D eigenvalue weighted by Crippen LogP contribution is -2.20. The van der Waals surface area contributed by atoms with Gasteiger partial charge in [-0.05, 0) is 24.3 Å². The lowest BCUT2D eigenvalue weighted by molar-refractivity contribution is 0.0697. The van der Waals surface area contributed by atoms with E-state index in [2.05, 4.69) is 0 Å². The zero-order valence-corrected chi connectivity index (χ0v) is 11.6. The van der Waals surface area contributed by atoms with Crippen LogP contribution in [-0.4, -0.2) is 18.1 Å². The van der Waals surface area contributed by atoms with Gasteiger partial charge in [0.1, 0.15) is 5.82 Å². The van der Waals surface area contributed by atoms with E-state index in [1.807, 2.05) is 0 Å². The predicted molar refractivity (Wildman–Crippen MR) is 76.9 cm³/mol. The summed E-state index contributed by atoms with van der Waals surface area (Å²) in [7, 11) is 1.70. The third kappa shape index (κ3) is 3.08. The van der Waals surface area contributed by atoms with Crippen LogP contribution in [0.3, 0.4) is 0 Å². The van der Waals surface area contributed by atoms with Gasteiger partial charge in [0, 0.05) is 24.2 Å². The molecule has 0 amide bonds. The Kier molecular flexibility index (Phi) is 4.25. The molecule has 0 unspecified atom stereocenters. The summed E-state index contributed by atoms with van der Waals surface area (Å²) in [4.78, 5) is 12.9. The number of halogens is 2. The molecule has 2 rings (SSSR count). The van der Waals surface area contributed by atoms with Crippen molar-refractivity contribution in [1.82, 2.24) is 0 Å². The lowest BCUT2D eigenvalue weighted by Gasteiger charge is -2.21. The number of anilines is 1. The molecule has 0 aromatic heterocycles. The summed E-state index contributed by atoms with van der Waals surface area (Å²) >= 11 is 5.91. The molecule has 0 aliphatic rings. The van der Waals surface area contributed by atoms with E-state index in [1.165, 1.54) is 18.2 Å². The van der Waals surface area contributed by atoms with Gasteiger partial charge >= 0.3 is 5.97 Å². The largest absolute Gasteiger partial charge is 0.478 e. The van der Waals surface area contributed by atoms with E-state index < -0.39 is 5.97 Å². The fraction of sp³-hybridized carbons (Fsp3) is 0.133. The van der Waals surface area contributed by atoms with Gasteiger partial charge in [-0.1, -0.05) is 29.8 Å². The van der Waals surface area contributed by atoms with E-state index >= 15 is 0 Å². The second kappa shape index (κ2) is 5.92. The molecule has 0 saturated heterocycles. The first kappa shape index (κ1) is 14.3. The van der Waals surface area contributed by atoms with E-state index in [9.17, 15) is 14.3 Å². The van der Waals surface area contributed by atoms with Gasteiger partial charge in [0.25, 0.3) is 0 Å². The minimum Gasteiger partial charge on any atom is -0.478 e. The first-order valence-electron chi connectivity index (χ1n) is 5.96. The van der Waals surface area contributed by atoms with Crippen LogP contribution in [0, 0.1) is 5.82 Å². The molecule has 20 heavy (non-hydrogen) atoms. The minimum absolute atomic E-state index is 0.133. The Balaban J connectivity index is 2.34. The summed E-state index contributed by atoms with van der Waals surface area (Å²) in [6.45, 7) is 0.257. The lowest BCUT2D eigenvalue weighted by atomic mass is 10.1. The van der Waals surface area contributed by atoms with Crippen LogP contribution in [0.4, 0.5) is 10.1 Å². The number of hydrogen-bond acceptors (Lipinski definition) is 2. The van der Waals surface area contributed by atoms with Crippen molar-refractivity contribution in [2.24, 2.45) is 0 Å². The quantitative estimate of drug-likeness (QED) is 0.932. The maximum absolute atomic E-state index is 13.6. The summed E-state index contributed by atoms with van der Waals surface area (Å²) in [5, 5.41) is 9.62. The number of benzene rings is 2. The van der Waals surface area contributed by atoms with Gasteiger partial charge in [0.2, 0.25) is 0 Å². The SMILES string of the molecule is CN(Cc1ccccc1F)c1cc(Cl)ccc1C(=O)O. The van der Waals surface area contributed by atoms with Crippen molar-refractivity contribution >= 4 is 23.3 Å².